The van der Waals surface area contributed by atoms with Crippen molar-refractivity contribution in [2.45, 2.75) is 0 Å². The van der Waals surface area contributed by atoms with E-state index in [2.05, 4.69) is 10.9 Å². The number of hydrogen-bond donors (Lipinski definition) is 2. The van der Waals surface area contributed by atoms with E-state index >= 15 is 0 Å². The molecule has 21 heavy (non-hydrogen) atoms. The number of nitro benzene ring substituents is 1. The molecule has 0 aliphatic rings. The normalized spacial score (nSPS) is 9.48. The first kappa shape index (κ1) is 14.0. The molecule has 1 amide bonds. The molecule has 2 N–H and O–H groups in total. The number of benzene rings is 2. The SMILES string of the molecule is N#Cc1ccc(NNC(=O)c2ccccc2)c([N+](=O)[O-])c1. The van der Waals surface area contributed by atoms with Gasteiger partial charge in [-0.05, 0) is 24.3 Å². The van der Waals surface area contributed by atoms with E-state index in [1.54, 1.807) is 30.3 Å². The Hall–Kier alpha value is -3.40. The van der Waals surface area contributed by atoms with Gasteiger partial charge in [0, 0.05) is 11.6 Å². The molecule has 2 rings (SSSR count). The summed E-state index contributed by atoms with van der Waals surface area (Å²) in [4.78, 5) is 22.1. The number of carbonyl (C=O) groups is 1. The van der Waals surface area contributed by atoms with Crippen LogP contribution in [0.2, 0.25) is 0 Å². The highest BCUT2D eigenvalue weighted by Crippen LogP contribution is 2.24. The topological polar surface area (TPSA) is 108 Å². The molecule has 104 valence electrons. The number of hydrogen-bond acceptors (Lipinski definition) is 5. The quantitative estimate of drug-likeness (QED) is 0.660. The smallest absolute Gasteiger partial charge is 0.292 e. The van der Waals surface area contributed by atoms with Gasteiger partial charge in [0.1, 0.15) is 5.69 Å². The van der Waals surface area contributed by atoms with Crippen LogP contribution < -0.4 is 10.9 Å². The lowest BCUT2D eigenvalue weighted by atomic mass is 10.2. The molecule has 7 nitrogen and oxygen atoms in total. The molecule has 0 aliphatic heterocycles. The number of nitriles is 1. The molecule has 0 aliphatic carbocycles. The minimum Gasteiger partial charge on any atom is -0.292 e. The predicted octanol–water partition coefficient (Wildman–Crippen LogP) is 2.22. The molecule has 0 bridgehead atoms. The standard InChI is InChI=1S/C14H10N4O3/c15-9-10-6-7-12(13(8-10)18(20)21)16-17-14(19)11-4-2-1-3-5-11/h1-8,16H,(H,17,19). The van der Waals surface area contributed by atoms with Gasteiger partial charge < -0.3 is 0 Å². The maximum atomic E-state index is 11.8. The fraction of sp³-hybridized carbons (Fsp3) is 0. The number of carbonyl (C=O) groups excluding carboxylic acids is 1. The number of hydrazine groups is 1. The van der Waals surface area contributed by atoms with Crippen LogP contribution in [0.25, 0.3) is 0 Å². The fourth-order valence-corrected chi connectivity index (χ4v) is 1.64. The zero-order chi connectivity index (χ0) is 15.2. The number of anilines is 1. The molecule has 0 fully saturated rings. The maximum absolute atomic E-state index is 11.8. The van der Waals surface area contributed by atoms with E-state index in [0.29, 0.717) is 5.56 Å². The first-order chi connectivity index (χ1) is 10.1. The summed E-state index contributed by atoms with van der Waals surface area (Å²) in [6.07, 6.45) is 0. The Morgan fingerprint density at radius 1 is 1.19 bits per heavy atom. The highest BCUT2D eigenvalue weighted by Gasteiger charge is 2.15. The summed E-state index contributed by atoms with van der Waals surface area (Å²) in [5.41, 5.74) is 5.26. The van der Waals surface area contributed by atoms with Gasteiger partial charge in [-0.15, -0.1) is 0 Å². The second-order valence-electron chi connectivity index (χ2n) is 4.05. The molecule has 0 spiro atoms. The van der Waals surface area contributed by atoms with Gasteiger partial charge in [0.2, 0.25) is 0 Å². The van der Waals surface area contributed by atoms with Crippen LogP contribution >= 0.6 is 0 Å². The van der Waals surface area contributed by atoms with Gasteiger partial charge in [-0.25, -0.2) is 0 Å². The van der Waals surface area contributed by atoms with Crippen molar-refractivity contribution < 1.29 is 9.72 Å². The monoisotopic (exact) mass is 282 g/mol. The van der Waals surface area contributed by atoms with Gasteiger partial charge in [0.15, 0.2) is 0 Å². The van der Waals surface area contributed by atoms with Crippen molar-refractivity contribution in [1.29, 1.82) is 5.26 Å². The number of nitro groups is 1. The Labute approximate surface area is 119 Å². The van der Waals surface area contributed by atoms with E-state index < -0.39 is 10.8 Å². The molecular formula is C14H10N4O3. The minimum absolute atomic E-state index is 0.100. The van der Waals surface area contributed by atoms with Crippen LogP contribution in [0.4, 0.5) is 11.4 Å². The predicted molar refractivity (Wildman–Crippen MR) is 75.3 cm³/mol. The Balaban J connectivity index is 2.15. The van der Waals surface area contributed by atoms with E-state index in [-0.39, 0.29) is 16.9 Å². The number of nitrogens with zero attached hydrogens (tertiary/aromatic N) is 2. The summed E-state index contributed by atoms with van der Waals surface area (Å²) in [7, 11) is 0. The molecule has 2 aromatic carbocycles. The van der Waals surface area contributed by atoms with Gasteiger partial charge >= 0.3 is 0 Å². The third-order valence-corrected chi connectivity index (χ3v) is 2.67. The summed E-state index contributed by atoms with van der Waals surface area (Å²) in [5, 5.41) is 19.7. The van der Waals surface area contributed by atoms with Gasteiger partial charge in [0.25, 0.3) is 11.6 Å². The average molecular weight is 282 g/mol. The lowest BCUT2D eigenvalue weighted by Crippen LogP contribution is -2.29. The Kier molecular flexibility index (Phi) is 4.11. The third kappa shape index (κ3) is 3.33. The first-order valence-corrected chi connectivity index (χ1v) is 5.92. The lowest BCUT2D eigenvalue weighted by molar-refractivity contribution is -0.384. The van der Waals surface area contributed by atoms with Gasteiger partial charge in [-0.3, -0.25) is 25.8 Å². The second-order valence-corrected chi connectivity index (χ2v) is 4.05. The summed E-state index contributed by atoms with van der Waals surface area (Å²) in [5.74, 6) is -0.422. The molecule has 0 unspecified atom stereocenters. The molecule has 0 aromatic heterocycles. The van der Waals surface area contributed by atoms with Crippen LogP contribution in [0.5, 0.6) is 0 Å². The van der Waals surface area contributed by atoms with Crippen LogP contribution in [0.15, 0.2) is 48.5 Å². The Bertz CT molecular complexity index is 723. The molecule has 0 saturated carbocycles. The highest BCUT2D eigenvalue weighted by atomic mass is 16.6. The zero-order valence-electron chi connectivity index (χ0n) is 10.7. The molecule has 0 heterocycles. The lowest BCUT2D eigenvalue weighted by Gasteiger charge is -2.09. The van der Waals surface area contributed by atoms with Crippen molar-refractivity contribution in [2.24, 2.45) is 0 Å². The summed E-state index contributed by atoms with van der Waals surface area (Å²) < 4.78 is 0. The third-order valence-electron chi connectivity index (χ3n) is 2.67. The fourth-order valence-electron chi connectivity index (χ4n) is 1.64. The molecule has 0 saturated heterocycles. The van der Waals surface area contributed by atoms with Crippen LogP contribution in [0.1, 0.15) is 15.9 Å². The van der Waals surface area contributed by atoms with Gasteiger partial charge in [-0.1, -0.05) is 18.2 Å². The largest absolute Gasteiger partial charge is 0.295 e. The van der Waals surface area contributed by atoms with Gasteiger partial charge in [-0.2, -0.15) is 5.26 Å². The first-order valence-electron chi connectivity index (χ1n) is 5.92. The number of nitrogens with one attached hydrogen (secondary N) is 2. The van der Waals surface area contributed by atoms with Crippen molar-refractivity contribution in [3.05, 3.63) is 69.8 Å². The van der Waals surface area contributed by atoms with E-state index in [9.17, 15) is 14.9 Å². The molecular weight excluding hydrogens is 272 g/mol. The average Bonchev–Trinajstić information content (AvgIpc) is 2.53. The minimum atomic E-state index is -0.627. The summed E-state index contributed by atoms with van der Waals surface area (Å²) in [6, 6.07) is 14.2. The summed E-state index contributed by atoms with van der Waals surface area (Å²) >= 11 is 0. The molecule has 2 aromatic rings. The van der Waals surface area contributed by atoms with Gasteiger partial charge in [0.05, 0.1) is 16.6 Å². The van der Waals surface area contributed by atoms with Crippen LogP contribution in [-0.2, 0) is 0 Å². The van der Waals surface area contributed by atoms with E-state index in [1.807, 2.05) is 6.07 Å². The molecule has 7 heteroatoms. The van der Waals surface area contributed by atoms with Crippen molar-refractivity contribution in [1.82, 2.24) is 5.43 Å². The number of rotatable bonds is 4. The maximum Gasteiger partial charge on any atom is 0.295 e. The Morgan fingerprint density at radius 2 is 1.90 bits per heavy atom. The molecule has 0 radical (unpaired) electrons. The van der Waals surface area contributed by atoms with Crippen molar-refractivity contribution in [3.8, 4) is 6.07 Å². The second kappa shape index (κ2) is 6.16. The highest BCUT2D eigenvalue weighted by molar-refractivity contribution is 5.95. The number of amides is 1. The van der Waals surface area contributed by atoms with Crippen LogP contribution in [0, 0.1) is 21.4 Å². The van der Waals surface area contributed by atoms with E-state index in [0.717, 1.165) is 6.07 Å². The van der Waals surface area contributed by atoms with E-state index in [1.165, 1.54) is 12.1 Å². The zero-order valence-corrected chi connectivity index (χ0v) is 10.7. The molecule has 0 atom stereocenters. The van der Waals surface area contributed by atoms with Crippen molar-refractivity contribution >= 4 is 17.3 Å². The van der Waals surface area contributed by atoms with Crippen molar-refractivity contribution in [3.63, 3.8) is 0 Å². The van der Waals surface area contributed by atoms with Crippen LogP contribution in [0.3, 0.4) is 0 Å². The Morgan fingerprint density at radius 3 is 2.52 bits per heavy atom. The van der Waals surface area contributed by atoms with E-state index in [4.69, 9.17) is 5.26 Å². The van der Waals surface area contributed by atoms with Crippen LogP contribution in [-0.4, -0.2) is 10.8 Å². The van der Waals surface area contributed by atoms with Crippen molar-refractivity contribution in [2.75, 3.05) is 5.43 Å². The summed E-state index contributed by atoms with van der Waals surface area (Å²) in [6.45, 7) is 0.